The van der Waals surface area contributed by atoms with E-state index < -0.39 is 0 Å². The van der Waals surface area contributed by atoms with E-state index in [9.17, 15) is 4.39 Å². The highest BCUT2D eigenvalue weighted by molar-refractivity contribution is 6.30. The number of hydrogen-bond acceptors (Lipinski definition) is 3. The Morgan fingerprint density at radius 2 is 2.21 bits per heavy atom. The maximum Gasteiger partial charge on any atom is 0.128 e. The minimum atomic E-state index is -0.232. The van der Waals surface area contributed by atoms with E-state index in [0.29, 0.717) is 29.8 Å². The predicted molar refractivity (Wildman–Crippen MR) is 72.7 cm³/mol. The maximum atomic E-state index is 14.1. The molecule has 0 radical (unpaired) electrons. The summed E-state index contributed by atoms with van der Waals surface area (Å²) in [5, 5.41) is 0.550. The molecule has 1 aromatic carbocycles. The van der Waals surface area contributed by atoms with Gasteiger partial charge in [0.2, 0.25) is 0 Å². The number of benzene rings is 1. The Labute approximate surface area is 117 Å². The second kappa shape index (κ2) is 5.37. The van der Waals surface area contributed by atoms with Crippen LogP contribution in [-0.2, 0) is 4.74 Å². The normalized spacial score (nSPS) is 28.6. The van der Waals surface area contributed by atoms with Gasteiger partial charge in [-0.3, -0.25) is 4.90 Å². The van der Waals surface area contributed by atoms with Gasteiger partial charge in [0.05, 0.1) is 18.8 Å². The topological polar surface area (TPSA) is 38.5 Å². The molecule has 1 aliphatic carbocycles. The van der Waals surface area contributed by atoms with Crippen molar-refractivity contribution in [2.45, 2.75) is 31.0 Å². The molecule has 1 aliphatic heterocycles. The van der Waals surface area contributed by atoms with Gasteiger partial charge in [0, 0.05) is 29.7 Å². The minimum absolute atomic E-state index is 0.120. The van der Waals surface area contributed by atoms with Gasteiger partial charge in [-0.2, -0.15) is 0 Å². The van der Waals surface area contributed by atoms with Gasteiger partial charge in [0.25, 0.3) is 0 Å². The van der Waals surface area contributed by atoms with Crippen LogP contribution in [0.25, 0.3) is 0 Å². The highest BCUT2D eigenvalue weighted by atomic mass is 35.5. The molecule has 5 heteroatoms. The van der Waals surface area contributed by atoms with Crippen molar-refractivity contribution in [3.63, 3.8) is 0 Å². The van der Waals surface area contributed by atoms with Crippen LogP contribution in [0.1, 0.15) is 24.4 Å². The zero-order valence-electron chi connectivity index (χ0n) is 10.7. The van der Waals surface area contributed by atoms with Crippen LogP contribution in [0.4, 0.5) is 4.39 Å². The second-order valence-electron chi connectivity index (χ2n) is 5.22. The predicted octanol–water partition coefficient (Wildman–Crippen LogP) is 2.34. The Morgan fingerprint density at radius 3 is 2.89 bits per heavy atom. The molecule has 19 heavy (non-hydrogen) atoms. The van der Waals surface area contributed by atoms with Crippen molar-refractivity contribution in [2.75, 3.05) is 19.7 Å². The molecular formula is C14H18ClFN2O. The Hall–Kier alpha value is -0.680. The van der Waals surface area contributed by atoms with E-state index in [1.54, 1.807) is 12.1 Å². The average molecular weight is 285 g/mol. The van der Waals surface area contributed by atoms with Crippen LogP contribution in [0, 0.1) is 5.82 Å². The summed E-state index contributed by atoms with van der Waals surface area (Å²) in [5.74, 6) is -0.232. The molecule has 2 N–H and O–H groups in total. The van der Waals surface area contributed by atoms with Crippen LogP contribution in [0.15, 0.2) is 18.2 Å². The van der Waals surface area contributed by atoms with Gasteiger partial charge >= 0.3 is 0 Å². The lowest BCUT2D eigenvalue weighted by Gasteiger charge is -2.41. The molecule has 2 aliphatic rings. The molecule has 0 bridgehead atoms. The van der Waals surface area contributed by atoms with Crippen molar-refractivity contribution < 1.29 is 9.13 Å². The Balaban J connectivity index is 1.97. The summed E-state index contributed by atoms with van der Waals surface area (Å²) in [4.78, 5) is 2.33. The molecule has 2 fully saturated rings. The molecule has 2 unspecified atom stereocenters. The number of ether oxygens (including phenoxy) is 1. The summed E-state index contributed by atoms with van der Waals surface area (Å²) in [5.41, 5.74) is 6.40. The van der Waals surface area contributed by atoms with E-state index in [0.717, 1.165) is 6.54 Å². The summed E-state index contributed by atoms with van der Waals surface area (Å²) < 4.78 is 19.9. The van der Waals surface area contributed by atoms with Gasteiger partial charge < -0.3 is 10.5 Å². The second-order valence-corrected chi connectivity index (χ2v) is 5.66. The van der Waals surface area contributed by atoms with E-state index >= 15 is 0 Å². The zero-order chi connectivity index (χ0) is 13.4. The molecule has 0 aromatic heterocycles. The standard InChI is InChI=1S/C14H18ClFN2O/c15-9-1-4-12(16)11(7-9)14-13(8-17)19-6-5-18(14)10-2-3-10/h1,4,7,10,13-14H,2-3,5-6,8,17H2. The number of halogens is 2. The molecule has 3 rings (SSSR count). The molecule has 1 saturated heterocycles. The molecule has 0 spiro atoms. The molecule has 1 heterocycles. The quantitative estimate of drug-likeness (QED) is 0.926. The third-order valence-corrected chi connectivity index (χ3v) is 4.15. The highest BCUT2D eigenvalue weighted by Crippen LogP contribution is 2.39. The zero-order valence-corrected chi connectivity index (χ0v) is 11.4. The number of nitrogens with two attached hydrogens (primary N) is 1. The van der Waals surface area contributed by atoms with Crippen molar-refractivity contribution in [2.24, 2.45) is 5.73 Å². The lowest BCUT2D eigenvalue weighted by Crippen LogP contribution is -2.49. The van der Waals surface area contributed by atoms with E-state index in [2.05, 4.69) is 4.90 Å². The number of nitrogens with zero attached hydrogens (tertiary/aromatic N) is 1. The molecule has 1 aromatic rings. The summed E-state index contributed by atoms with van der Waals surface area (Å²) in [6.07, 6.45) is 2.19. The van der Waals surface area contributed by atoms with Crippen LogP contribution in [-0.4, -0.2) is 36.7 Å². The average Bonchev–Trinajstić information content (AvgIpc) is 3.25. The van der Waals surface area contributed by atoms with Crippen LogP contribution >= 0.6 is 11.6 Å². The van der Waals surface area contributed by atoms with E-state index in [1.807, 2.05) is 0 Å². The summed E-state index contributed by atoms with van der Waals surface area (Å²) in [7, 11) is 0. The van der Waals surface area contributed by atoms with Crippen molar-refractivity contribution >= 4 is 11.6 Å². The smallest absolute Gasteiger partial charge is 0.128 e. The van der Waals surface area contributed by atoms with Crippen LogP contribution < -0.4 is 5.73 Å². The van der Waals surface area contributed by atoms with Gasteiger partial charge in [-0.05, 0) is 31.0 Å². The molecule has 0 amide bonds. The first-order valence-corrected chi connectivity index (χ1v) is 7.11. The third-order valence-electron chi connectivity index (χ3n) is 3.92. The Bertz CT molecular complexity index is 467. The van der Waals surface area contributed by atoms with Crippen molar-refractivity contribution in [1.82, 2.24) is 4.90 Å². The van der Waals surface area contributed by atoms with E-state index in [4.69, 9.17) is 22.1 Å². The third kappa shape index (κ3) is 2.63. The molecule has 2 atom stereocenters. The Kier molecular flexibility index (Phi) is 3.76. The fourth-order valence-electron chi connectivity index (χ4n) is 2.89. The summed E-state index contributed by atoms with van der Waals surface area (Å²) in [6.45, 7) is 1.88. The lowest BCUT2D eigenvalue weighted by molar-refractivity contribution is -0.0722. The van der Waals surface area contributed by atoms with Gasteiger partial charge in [0.15, 0.2) is 0 Å². The SMILES string of the molecule is NCC1OCCN(C2CC2)C1c1cc(Cl)ccc1F. The monoisotopic (exact) mass is 284 g/mol. The fourth-order valence-corrected chi connectivity index (χ4v) is 3.07. The Morgan fingerprint density at radius 1 is 1.42 bits per heavy atom. The minimum Gasteiger partial charge on any atom is -0.374 e. The first-order valence-electron chi connectivity index (χ1n) is 6.73. The molecular weight excluding hydrogens is 267 g/mol. The van der Waals surface area contributed by atoms with Gasteiger partial charge in [-0.25, -0.2) is 4.39 Å². The maximum absolute atomic E-state index is 14.1. The van der Waals surface area contributed by atoms with E-state index in [1.165, 1.54) is 18.9 Å². The molecule has 3 nitrogen and oxygen atoms in total. The highest BCUT2D eigenvalue weighted by Gasteiger charge is 2.41. The van der Waals surface area contributed by atoms with E-state index in [-0.39, 0.29) is 18.0 Å². The summed E-state index contributed by atoms with van der Waals surface area (Å²) in [6, 6.07) is 5.12. The van der Waals surface area contributed by atoms with Crippen molar-refractivity contribution in [3.05, 3.63) is 34.6 Å². The van der Waals surface area contributed by atoms with Crippen LogP contribution in [0.5, 0.6) is 0 Å². The molecule has 104 valence electrons. The van der Waals surface area contributed by atoms with Gasteiger partial charge in [-0.1, -0.05) is 11.6 Å². The largest absolute Gasteiger partial charge is 0.374 e. The van der Waals surface area contributed by atoms with Crippen LogP contribution in [0.2, 0.25) is 5.02 Å². The first-order chi connectivity index (χ1) is 9.20. The first kappa shape index (κ1) is 13.3. The number of rotatable bonds is 3. The summed E-state index contributed by atoms with van der Waals surface area (Å²) >= 11 is 6.01. The lowest BCUT2D eigenvalue weighted by atomic mass is 9.97. The van der Waals surface area contributed by atoms with Crippen LogP contribution in [0.3, 0.4) is 0 Å². The number of morpholine rings is 1. The number of hydrogen-bond donors (Lipinski definition) is 1. The van der Waals surface area contributed by atoms with Crippen molar-refractivity contribution in [3.8, 4) is 0 Å². The van der Waals surface area contributed by atoms with Gasteiger partial charge in [-0.15, -0.1) is 0 Å². The van der Waals surface area contributed by atoms with Crippen molar-refractivity contribution in [1.29, 1.82) is 0 Å². The molecule has 1 saturated carbocycles. The van der Waals surface area contributed by atoms with Gasteiger partial charge in [0.1, 0.15) is 5.82 Å². The fraction of sp³-hybridized carbons (Fsp3) is 0.571.